The number of piperidine rings is 1. The Kier molecular flexibility index (Phi) is 12.6. The smallest absolute Gasteiger partial charge is 0.329 e. The van der Waals surface area contributed by atoms with Crippen molar-refractivity contribution in [2.24, 2.45) is 13.0 Å². The van der Waals surface area contributed by atoms with Crippen molar-refractivity contribution in [1.82, 2.24) is 33.9 Å². The number of amides is 3. The van der Waals surface area contributed by atoms with E-state index in [0.717, 1.165) is 57.4 Å². The van der Waals surface area contributed by atoms with Crippen LogP contribution in [-0.2, 0) is 16.6 Å². The van der Waals surface area contributed by atoms with Crippen molar-refractivity contribution < 1.29 is 27.8 Å². The minimum atomic E-state index is -0.650. The van der Waals surface area contributed by atoms with Crippen molar-refractivity contribution >= 4 is 57.4 Å². The monoisotopic (exact) mass is 894 g/mol. The predicted molar refractivity (Wildman–Crippen MR) is 240 cm³/mol. The molecule has 64 heavy (non-hydrogen) atoms. The second-order valence-corrected chi connectivity index (χ2v) is 18.6. The normalized spacial score (nSPS) is 21.8. The van der Waals surface area contributed by atoms with Crippen LogP contribution in [0.1, 0.15) is 82.7 Å². The molecule has 6 heterocycles. The van der Waals surface area contributed by atoms with Crippen LogP contribution >= 0.6 is 12.1 Å². The molecule has 0 radical (unpaired) electrons. The fourth-order valence-electron chi connectivity index (χ4n) is 9.78. The van der Waals surface area contributed by atoms with Gasteiger partial charge < -0.3 is 19.1 Å². The number of urea groups is 1. The summed E-state index contributed by atoms with van der Waals surface area (Å²) < 4.78 is 49.5. The van der Waals surface area contributed by atoms with Crippen LogP contribution in [0.25, 0.3) is 21.8 Å². The number of carbonyl (C=O) groups is 2. The van der Waals surface area contributed by atoms with Crippen molar-refractivity contribution in [3.05, 3.63) is 82.4 Å². The number of fused-ring (bicyclic) bond motifs is 2. The third kappa shape index (κ3) is 9.03. The molecule has 18 heteroatoms. The first kappa shape index (κ1) is 43.6. The number of nitrogens with one attached hydrogen (secondary N) is 2. The molecule has 5 aromatic rings. The first-order chi connectivity index (χ1) is 31.0. The Morgan fingerprint density at radius 2 is 1.78 bits per heavy atom. The molecule has 1 spiro atoms. The highest BCUT2D eigenvalue weighted by Crippen LogP contribution is 2.42. The lowest BCUT2D eigenvalue weighted by atomic mass is 9.85. The van der Waals surface area contributed by atoms with E-state index in [4.69, 9.17) is 9.47 Å². The molecule has 2 N–H and O–H groups in total. The number of carbonyl (C=O) groups excluding carboxylic acids is 2. The predicted octanol–water partition coefficient (Wildman–Crippen LogP) is 7.80. The summed E-state index contributed by atoms with van der Waals surface area (Å²) in [7, 11) is 1.72. The van der Waals surface area contributed by atoms with Gasteiger partial charge in [0.05, 0.1) is 46.7 Å². The molecular weight excluding hydrogens is 843 g/mol. The second kappa shape index (κ2) is 18.5. The van der Waals surface area contributed by atoms with Crippen LogP contribution in [-0.4, -0.2) is 91.4 Å². The number of hydrogen-bond donors (Lipinski definition) is 2. The molecule has 5 fully saturated rings. The quantitative estimate of drug-likeness (QED) is 0.146. The van der Waals surface area contributed by atoms with Gasteiger partial charge in [-0.3, -0.25) is 29.1 Å². The standard InChI is InChI=1S/C34H41FN6O3S.C12H11FN4O2/c1-23-11-14-40(20-23)45-38-31-10-8-29(35)32(28(31)19-36)44-26-7-9-30-27(17-26)33(42)41(22-37-30)25-18-34(43-21-25)12-15-39(16-13-34)24-5-3-2-4-6-24;1-16-9-3-2-7(13)6-8(9)11(15-16)17-5-4-10(18)14-12(17)19/h7-10,17,22-25,38H,2-6,11-16,18,20-21H2,1H3;2-3,6H,4-5H2,1H3,(H,14,18,19). The van der Waals surface area contributed by atoms with Crippen LogP contribution < -0.4 is 25.2 Å². The molecule has 2 unspecified atom stereocenters. The van der Waals surface area contributed by atoms with E-state index in [0.29, 0.717) is 46.4 Å². The van der Waals surface area contributed by atoms with Gasteiger partial charge in [0.2, 0.25) is 5.91 Å². The Labute approximate surface area is 373 Å². The molecule has 1 saturated carbocycles. The molecule has 3 amide bonds. The lowest BCUT2D eigenvalue weighted by Gasteiger charge is -2.43. The molecule has 4 saturated heterocycles. The van der Waals surface area contributed by atoms with E-state index in [1.165, 1.54) is 67.3 Å². The van der Waals surface area contributed by atoms with Gasteiger partial charge in [-0.15, -0.1) is 0 Å². The maximum Gasteiger partial charge on any atom is 0.329 e. The number of rotatable bonds is 8. The molecule has 15 nitrogen and oxygen atoms in total. The molecule has 2 aromatic heterocycles. The molecule has 3 aromatic carbocycles. The highest BCUT2D eigenvalue weighted by molar-refractivity contribution is 7.98. The van der Waals surface area contributed by atoms with Crippen LogP contribution in [0.5, 0.6) is 11.5 Å². The topological polar surface area (TPSA) is 163 Å². The van der Waals surface area contributed by atoms with E-state index in [-0.39, 0.29) is 53.1 Å². The molecule has 1 aliphatic carbocycles. The minimum absolute atomic E-state index is 0.0707. The van der Waals surface area contributed by atoms with Gasteiger partial charge in [-0.1, -0.05) is 26.2 Å². The number of benzene rings is 3. The molecule has 336 valence electrons. The van der Waals surface area contributed by atoms with Crippen molar-refractivity contribution in [2.75, 3.05) is 49.0 Å². The van der Waals surface area contributed by atoms with Gasteiger partial charge in [0.25, 0.3) is 5.56 Å². The van der Waals surface area contributed by atoms with E-state index in [1.54, 1.807) is 53.0 Å². The lowest BCUT2D eigenvalue weighted by molar-refractivity contribution is -0.120. The summed E-state index contributed by atoms with van der Waals surface area (Å²) >= 11 is 1.41. The van der Waals surface area contributed by atoms with E-state index in [2.05, 4.69) is 42.3 Å². The van der Waals surface area contributed by atoms with Gasteiger partial charge >= 0.3 is 6.03 Å². The van der Waals surface area contributed by atoms with E-state index in [1.807, 2.05) is 0 Å². The number of aryl methyl sites for hydroxylation is 1. The van der Waals surface area contributed by atoms with Gasteiger partial charge in [-0.2, -0.15) is 10.4 Å². The first-order valence-corrected chi connectivity index (χ1v) is 23.0. The summed E-state index contributed by atoms with van der Waals surface area (Å²) in [5.74, 6) is -0.289. The highest BCUT2D eigenvalue weighted by atomic mass is 32.2. The molecule has 0 bridgehead atoms. The number of anilines is 2. The summed E-state index contributed by atoms with van der Waals surface area (Å²) in [5.41, 5.74) is 1.43. The summed E-state index contributed by atoms with van der Waals surface area (Å²) in [6.45, 7) is 6.93. The maximum atomic E-state index is 15.0. The summed E-state index contributed by atoms with van der Waals surface area (Å²) in [5, 5.41) is 17.3. The van der Waals surface area contributed by atoms with Gasteiger partial charge in [-0.25, -0.2) is 22.9 Å². The molecule has 5 aliphatic rings. The highest BCUT2D eigenvalue weighted by Gasteiger charge is 2.44. The Morgan fingerprint density at radius 3 is 2.53 bits per heavy atom. The zero-order valence-electron chi connectivity index (χ0n) is 36.0. The summed E-state index contributed by atoms with van der Waals surface area (Å²) in [6.07, 6.45) is 12.4. The zero-order valence-corrected chi connectivity index (χ0v) is 36.8. The first-order valence-electron chi connectivity index (χ1n) is 22.2. The largest absolute Gasteiger partial charge is 0.453 e. The third-order valence-electron chi connectivity index (χ3n) is 13.4. The second-order valence-electron chi connectivity index (χ2n) is 17.7. The minimum Gasteiger partial charge on any atom is -0.453 e. The number of aromatic nitrogens is 4. The molecule has 4 aliphatic heterocycles. The number of likely N-dealkylation sites (tertiary alicyclic amines) is 1. The van der Waals surface area contributed by atoms with Crippen molar-refractivity contribution in [1.29, 1.82) is 5.26 Å². The zero-order chi connectivity index (χ0) is 44.5. The average Bonchev–Trinajstić information content (AvgIpc) is 4.01. The van der Waals surface area contributed by atoms with Crippen LogP contribution in [0, 0.1) is 28.9 Å². The summed E-state index contributed by atoms with van der Waals surface area (Å²) in [4.78, 5) is 45.3. The van der Waals surface area contributed by atoms with Crippen LogP contribution in [0.3, 0.4) is 0 Å². The van der Waals surface area contributed by atoms with E-state index in [9.17, 15) is 24.0 Å². The number of ether oxygens (including phenoxy) is 2. The van der Waals surface area contributed by atoms with Crippen molar-refractivity contribution in [3.63, 3.8) is 0 Å². The maximum absolute atomic E-state index is 15.0. The van der Waals surface area contributed by atoms with Gasteiger partial charge in [0.15, 0.2) is 17.4 Å². The fourth-order valence-corrected chi connectivity index (χ4v) is 10.7. The number of imide groups is 1. The average molecular weight is 895 g/mol. The number of halogens is 2. The van der Waals surface area contributed by atoms with Crippen molar-refractivity contribution in [2.45, 2.75) is 88.8 Å². The lowest BCUT2D eigenvalue weighted by Crippen LogP contribution is -2.49. The molecule has 2 atom stereocenters. The Hall–Kier alpha value is -5.61. The van der Waals surface area contributed by atoms with Gasteiger partial charge in [0, 0.05) is 69.8 Å². The fraction of sp³-hybridized carbons (Fsp3) is 0.478. The summed E-state index contributed by atoms with van der Waals surface area (Å²) in [6, 6.07) is 14.2. The number of nitrogens with zero attached hydrogens (tertiary/aromatic N) is 8. The third-order valence-corrected chi connectivity index (χ3v) is 14.3. The van der Waals surface area contributed by atoms with E-state index >= 15 is 4.39 Å². The van der Waals surface area contributed by atoms with Crippen LogP contribution in [0.15, 0.2) is 59.7 Å². The van der Waals surface area contributed by atoms with Crippen LogP contribution in [0.2, 0.25) is 0 Å². The Balaban J connectivity index is 0.000000227. The van der Waals surface area contributed by atoms with Gasteiger partial charge in [0.1, 0.15) is 23.2 Å². The Morgan fingerprint density at radius 1 is 0.969 bits per heavy atom. The van der Waals surface area contributed by atoms with Crippen LogP contribution in [0.4, 0.5) is 25.1 Å². The molecule has 10 rings (SSSR count). The Bertz CT molecular complexity index is 2670. The number of hydrogen-bond acceptors (Lipinski definition) is 12. The van der Waals surface area contributed by atoms with Gasteiger partial charge in [-0.05, 0) is 93.0 Å². The SMILES string of the molecule is CC1CCN(SNc2ccc(F)c(Oc3ccc4ncn(C5COC6(CCN(C7CCCCC7)CC6)C5)c(=O)c4c3)c2C#N)C1.Cn1nc(N2CCC(=O)NC2=O)c2cc(F)ccc21. The molecular formula is C46H52F2N10O5S. The number of nitriles is 1. The van der Waals surface area contributed by atoms with E-state index < -0.39 is 17.7 Å². The van der Waals surface area contributed by atoms with Crippen molar-refractivity contribution in [3.8, 4) is 17.6 Å².